The van der Waals surface area contributed by atoms with Gasteiger partial charge in [0.05, 0.1) is 19.1 Å². The van der Waals surface area contributed by atoms with Gasteiger partial charge in [-0.15, -0.1) is 0 Å². The van der Waals surface area contributed by atoms with Crippen molar-refractivity contribution in [1.82, 2.24) is 0 Å². The van der Waals surface area contributed by atoms with Gasteiger partial charge in [0.15, 0.2) is 0 Å². The quantitative estimate of drug-likeness (QED) is 0.793. The van der Waals surface area contributed by atoms with Crippen LogP contribution in [0.15, 0.2) is 39.5 Å². The Morgan fingerprint density at radius 2 is 2.00 bits per heavy atom. The Morgan fingerprint density at radius 1 is 1.24 bits per heavy atom. The van der Waals surface area contributed by atoms with E-state index in [-0.39, 0.29) is 18.1 Å². The topological polar surface area (TPSA) is 65.7 Å². The molecule has 1 aliphatic rings. The molecule has 5 heteroatoms. The Hall–Kier alpha value is -2.56. The van der Waals surface area contributed by atoms with E-state index in [0.29, 0.717) is 17.1 Å². The summed E-state index contributed by atoms with van der Waals surface area (Å²) in [5, 5.41) is 0. The molecule has 2 heterocycles. The van der Waals surface area contributed by atoms with Crippen LogP contribution < -0.4 is 15.1 Å². The van der Waals surface area contributed by atoms with Crippen molar-refractivity contribution in [1.29, 1.82) is 0 Å². The van der Waals surface area contributed by atoms with Gasteiger partial charge >= 0.3 is 11.6 Å². The van der Waals surface area contributed by atoms with E-state index in [2.05, 4.69) is 0 Å². The summed E-state index contributed by atoms with van der Waals surface area (Å²) in [6, 6.07) is 8.88. The minimum atomic E-state index is -0.478. The molecule has 0 N–H and O–H groups in total. The molecule has 21 heavy (non-hydrogen) atoms. The van der Waals surface area contributed by atoms with Crippen molar-refractivity contribution < 1.29 is 18.7 Å². The van der Waals surface area contributed by atoms with Crippen LogP contribution in [-0.4, -0.2) is 13.1 Å². The summed E-state index contributed by atoms with van der Waals surface area (Å²) in [5.41, 5.74) is 0.659. The number of carbonyl (C=O) groups is 1. The second-order valence-corrected chi connectivity index (χ2v) is 4.90. The van der Waals surface area contributed by atoms with Gasteiger partial charge in [-0.3, -0.25) is 4.79 Å². The first-order valence-corrected chi connectivity index (χ1v) is 6.58. The van der Waals surface area contributed by atoms with Crippen LogP contribution in [0.5, 0.6) is 11.5 Å². The lowest BCUT2D eigenvalue weighted by Gasteiger charge is -2.24. The molecule has 0 spiro atoms. The van der Waals surface area contributed by atoms with Crippen LogP contribution in [0.25, 0.3) is 0 Å². The summed E-state index contributed by atoms with van der Waals surface area (Å²) in [7, 11) is 1.55. The average Bonchev–Trinajstić information content (AvgIpc) is 2.45. The number of carbonyl (C=O) groups excluding carboxylic acids is 1. The van der Waals surface area contributed by atoms with Gasteiger partial charge in [0.25, 0.3) is 0 Å². The molecule has 0 saturated heterocycles. The second kappa shape index (κ2) is 5.09. The van der Waals surface area contributed by atoms with Crippen LogP contribution in [0.2, 0.25) is 0 Å². The fourth-order valence-electron chi connectivity index (χ4n) is 2.64. The molecule has 1 aromatic carbocycles. The van der Waals surface area contributed by atoms with E-state index in [1.54, 1.807) is 26.2 Å². The minimum absolute atomic E-state index is 0.0845. The van der Waals surface area contributed by atoms with Crippen molar-refractivity contribution >= 4 is 5.97 Å². The van der Waals surface area contributed by atoms with Gasteiger partial charge in [-0.25, -0.2) is 4.79 Å². The summed E-state index contributed by atoms with van der Waals surface area (Å²) in [6.45, 7) is 1.64. The highest BCUT2D eigenvalue weighted by molar-refractivity contribution is 5.77. The number of esters is 1. The van der Waals surface area contributed by atoms with Gasteiger partial charge in [0.1, 0.15) is 17.3 Å². The first-order valence-electron chi connectivity index (χ1n) is 6.58. The van der Waals surface area contributed by atoms with Crippen LogP contribution in [0.4, 0.5) is 0 Å². The number of rotatable bonds is 2. The molecule has 5 nitrogen and oxygen atoms in total. The molecule has 108 valence electrons. The van der Waals surface area contributed by atoms with E-state index in [1.807, 2.05) is 18.2 Å². The van der Waals surface area contributed by atoms with Crippen molar-refractivity contribution in [3.8, 4) is 11.5 Å². The zero-order valence-electron chi connectivity index (χ0n) is 11.7. The Morgan fingerprint density at radius 3 is 2.76 bits per heavy atom. The summed E-state index contributed by atoms with van der Waals surface area (Å²) >= 11 is 0. The third kappa shape index (κ3) is 2.31. The van der Waals surface area contributed by atoms with E-state index >= 15 is 0 Å². The number of fused-ring (bicyclic) bond motifs is 1. The molecule has 0 saturated carbocycles. The van der Waals surface area contributed by atoms with Crippen molar-refractivity contribution in [2.75, 3.05) is 7.11 Å². The first kappa shape index (κ1) is 13.4. The largest absolute Gasteiger partial charge is 0.496 e. The van der Waals surface area contributed by atoms with E-state index in [9.17, 15) is 9.59 Å². The molecule has 0 fully saturated rings. The van der Waals surface area contributed by atoms with Crippen LogP contribution in [0.3, 0.4) is 0 Å². The lowest BCUT2D eigenvalue weighted by Crippen LogP contribution is -2.27. The molecule has 1 aromatic heterocycles. The fourth-order valence-corrected chi connectivity index (χ4v) is 2.64. The Balaban J connectivity index is 2.22. The van der Waals surface area contributed by atoms with E-state index in [0.717, 1.165) is 5.56 Å². The smallest absolute Gasteiger partial charge is 0.343 e. The predicted octanol–water partition coefficient (Wildman–Crippen LogP) is 2.40. The molecular formula is C16H14O5. The van der Waals surface area contributed by atoms with Gasteiger partial charge in [-0.1, -0.05) is 18.2 Å². The van der Waals surface area contributed by atoms with E-state index in [1.165, 1.54) is 0 Å². The highest BCUT2D eigenvalue weighted by Crippen LogP contribution is 2.40. The number of aryl methyl sites for hydroxylation is 1. The second-order valence-electron chi connectivity index (χ2n) is 4.90. The van der Waals surface area contributed by atoms with Crippen molar-refractivity contribution in [2.45, 2.75) is 19.3 Å². The van der Waals surface area contributed by atoms with Gasteiger partial charge in [0.2, 0.25) is 0 Å². The van der Waals surface area contributed by atoms with Gasteiger partial charge in [-0.05, 0) is 13.0 Å². The van der Waals surface area contributed by atoms with Crippen molar-refractivity contribution in [3.63, 3.8) is 0 Å². The molecule has 0 radical (unpaired) electrons. The summed E-state index contributed by atoms with van der Waals surface area (Å²) in [6.07, 6.45) is 0.0845. The zero-order valence-corrected chi connectivity index (χ0v) is 11.7. The third-order valence-electron chi connectivity index (χ3n) is 3.53. The van der Waals surface area contributed by atoms with Crippen LogP contribution in [0, 0.1) is 6.92 Å². The summed E-state index contributed by atoms with van der Waals surface area (Å²) < 4.78 is 15.7. The highest BCUT2D eigenvalue weighted by Gasteiger charge is 2.33. The molecule has 0 amide bonds. The number of methoxy groups -OCH3 is 1. The van der Waals surface area contributed by atoms with Crippen LogP contribution in [0.1, 0.15) is 29.2 Å². The zero-order chi connectivity index (χ0) is 15.0. The number of hydrogen-bond donors (Lipinski definition) is 0. The number of para-hydroxylation sites is 1. The lowest BCUT2D eigenvalue weighted by molar-refractivity contribution is -0.135. The lowest BCUT2D eigenvalue weighted by atomic mass is 9.87. The number of hydrogen-bond acceptors (Lipinski definition) is 5. The Kier molecular flexibility index (Phi) is 3.25. The highest BCUT2D eigenvalue weighted by atomic mass is 16.5. The van der Waals surface area contributed by atoms with Gasteiger partial charge < -0.3 is 13.9 Å². The normalized spacial score (nSPS) is 17.0. The maximum atomic E-state index is 12.2. The number of ether oxygens (including phenoxy) is 2. The molecule has 0 aliphatic carbocycles. The maximum absolute atomic E-state index is 12.2. The van der Waals surface area contributed by atoms with Crippen LogP contribution in [-0.2, 0) is 4.79 Å². The van der Waals surface area contributed by atoms with Gasteiger partial charge in [-0.2, -0.15) is 0 Å². The predicted molar refractivity (Wildman–Crippen MR) is 74.8 cm³/mol. The van der Waals surface area contributed by atoms with Gasteiger partial charge in [0, 0.05) is 17.5 Å². The standard InChI is InChI=1S/C16H14O5/c1-9-7-13-15(16(18)20-9)11(8-14(17)21-13)10-5-3-4-6-12(10)19-2/h3-7,11H,8H2,1-2H3. The average molecular weight is 286 g/mol. The minimum Gasteiger partial charge on any atom is -0.496 e. The summed E-state index contributed by atoms with van der Waals surface area (Å²) in [5.74, 6) is 0.518. The van der Waals surface area contributed by atoms with Crippen LogP contribution >= 0.6 is 0 Å². The molecular weight excluding hydrogens is 272 g/mol. The molecule has 2 aromatic rings. The summed E-state index contributed by atoms with van der Waals surface area (Å²) in [4.78, 5) is 24.0. The van der Waals surface area contributed by atoms with Crippen molar-refractivity contribution in [2.24, 2.45) is 0 Å². The fraction of sp³-hybridized carbons (Fsp3) is 0.250. The third-order valence-corrected chi connectivity index (χ3v) is 3.53. The molecule has 0 bridgehead atoms. The Bertz CT molecular complexity index is 760. The maximum Gasteiger partial charge on any atom is 0.343 e. The number of benzene rings is 1. The van der Waals surface area contributed by atoms with E-state index in [4.69, 9.17) is 13.9 Å². The monoisotopic (exact) mass is 286 g/mol. The SMILES string of the molecule is COc1ccccc1C1CC(=O)Oc2cc(C)oc(=O)c21. The van der Waals surface area contributed by atoms with E-state index < -0.39 is 11.5 Å². The molecule has 1 unspecified atom stereocenters. The molecule has 1 atom stereocenters. The first-order chi connectivity index (χ1) is 10.1. The molecule has 1 aliphatic heterocycles. The Labute approximate surface area is 121 Å². The van der Waals surface area contributed by atoms with Crippen molar-refractivity contribution in [3.05, 3.63) is 57.6 Å². The molecule has 3 rings (SSSR count).